The molecular weight excluding hydrogens is 232 g/mol. The minimum absolute atomic E-state index is 0.140. The molecule has 96 valence electrons. The Hall–Kier alpha value is -0.920. The predicted molar refractivity (Wildman–Crippen MR) is 76.1 cm³/mol. The van der Waals surface area contributed by atoms with Crippen LogP contribution in [0.5, 0.6) is 0 Å². The van der Waals surface area contributed by atoms with Crippen LogP contribution >= 0.6 is 10.5 Å². The molecule has 0 bridgehead atoms. The highest BCUT2D eigenvalue weighted by Gasteiger charge is 2.15. The van der Waals surface area contributed by atoms with Gasteiger partial charge in [-0.3, -0.25) is 0 Å². The van der Waals surface area contributed by atoms with E-state index >= 15 is 0 Å². The summed E-state index contributed by atoms with van der Waals surface area (Å²) in [5, 5.41) is 7.06. The third-order valence-corrected chi connectivity index (χ3v) is 3.66. The summed E-state index contributed by atoms with van der Waals surface area (Å²) >= 11 is 0. The molecule has 1 aliphatic rings. The minimum Gasteiger partial charge on any atom is -0.489 e. The highest BCUT2D eigenvalue weighted by molar-refractivity contribution is 8.19. The van der Waals surface area contributed by atoms with Crippen molar-refractivity contribution in [1.82, 2.24) is 0 Å². The van der Waals surface area contributed by atoms with Gasteiger partial charge in [0.1, 0.15) is 0 Å². The zero-order valence-electron chi connectivity index (χ0n) is 10.8. The van der Waals surface area contributed by atoms with Gasteiger partial charge in [-0.2, -0.15) is 0 Å². The molecule has 0 fully saturated rings. The van der Waals surface area contributed by atoms with E-state index in [1.54, 1.807) is 0 Å². The van der Waals surface area contributed by atoms with Gasteiger partial charge >= 0.3 is 0 Å². The average Bonchev–Trinajstić information content (AvgIpc) is 2.73. The Balaban J connectivity index is 2.53. The van der Waals surface area contributed by atoms with E-state index in [2.05, 4.69) is 25.4 Å². The van der Waals surface area contributed by atoms with Crippen LogP contribution in [0.25, 0.3) is 0 Å². The first-order chi connectivity index (χ1) is 8.31. The van der Waals surface area contributed by atoms with Gasteiger partial charge in [-0.1, -0.05) is 42.2 Å². The lowest BCUT2D eigenvalue weighted by atomic mass is 10.3. The van der Waals surface area contributed by atoms with Crippen LogP contribution in [0, 0.1) is 0 Å². The monoisotopic (exact) mass is 254 g/mol. The maximum Gasteiger partial charge on any atom is 0.168 e. The summed E-state index contributed by atoms with van der Waals surface area (Å²) in [4.78, 5) is 0. The fourth-order valence-corrected chi connectivity index (χ4v) is 2.39. The maximum absolute atomic E-state index is 5.73. The van der Waals surface area contributed by atoms with Crippen LogP contribution in [0.4, 0.5) is 0 Å². The summed E-state index contributed by atoms with van der Waals surface area (Å²) in [6.45, 7) is 9.51. The Kier molecular flexibility index (Phi) is 6.83. The highest BCUT2D eigenvalue weighted by atomic mass is 32.2. The second kappa shape index (κ2) is 8.21. The van der Waals surface area contributed by atoms with Crippen molar-refractivity contribution in [3.05, 3.63) is 28.9 Å². The molecule has 0 aliphatic carbocycles. The van der Waals surface area contributed by atoms with E-state index in [9.17, 15) is 0 Å². The average molecular weight is 254 g/mol. The molecular formula is C14H22O2S. The van der Waals surface area contributed by atoms with Crippen molar-refractivity contribution in [2.75, 3.05) is 13.2 Å². The van der Waals surface area contributed by atoms with Crippen molar-refractivity contribution in [3.8, 4) is 0 Å². The largest absolute Gasteiger partial charge is 0.489 e. The normalized spacial score (nSPS) is 15.2. The molecule has 0 aromatic rings. The van der Waals surface area contributed by atoms with E-state index < -0.39 is 0 Å². The molecule has 0 radical (unpaired) electrons. The smallest absolute Gasteiger partial charge is 0.168 e. The second-order valence-electron chi connectivity index (χ2n) is 3.88. The van der Waals surface area contributed by atoms with Crippen LogP contribution in [0.15, 0.2) is 28.9 Å². The summed E-state index contributed by atoms with van der Waals surface area (Å²) < 4.78 is 11.5. The van der Waals surface area contributed by atoms with Crippen LogP contribution in [0.3, 0.4) is 0 Å². The minimum atomic E-state index is -0.140. The molecule has 0 aromatic carbocycles. The quantitative estimate of drug-likeness (QED) is 0.478. The summed E-state index contributed by atoms with van der Waals surface area (Å²) in [5.41, 5.74) is 0. The van der Waals surface area contributed by atoms with Crippen molar-refractivity contribution in [1.29, 1.82) is 0 Å². The van der Waals surface area contributed by atoms with E-state index in [1.165, 1.54) is 0 Å². The standard InChI is InChI=1S/C14H22O2S/c1-4-7-9-15-13-11-17(6-3)12-14(13)16-10-8-5-2/h11-12H,3-5,7-10H2,1-2H3. The van der Waals surface area contributed by atoms with Gasteiger partial charge in [-0.15, -0.1) is 0 Å². The molecule has 0 amide bonds. The van der Waals surface area contributed by atoms with Gasteiger partial charge in [0.2, 0.25) is 0 Å². The Morgan fingerprint density at radius 2 is 1.53 bits per heavy atom. The fraction of sp³-hybridized carbons (Fsp3) is 0.571. The van der Waals surface area contributed by atoms with E-state index in [0.717, 1.165) is 50.4 Å². The summed E-state index contributed by atoms with van der Waals surface area (Å²) in [6.07, 6.45) is 4.43. The molecule has 1 aliphatic heterocycles. The van der Waals surface area contributed by atoms with Gasteiger partial charge in [0.05, 0.1) is 13.2 Å². The number of hydrogen-bond acceptors (Lipinski definition) is 2. The molecule has 0 spiro atoms. The van der Waals surface area contributed by atoms with Gasteiger partial charge in [0.15, 0.2) is 11.5 Å². The molecule has 0 saturated carbocycles. The molecule has 1 heterocycles. The first-order valence-electron chi connectivity index (χ1n) is 6.26. The van der Waals surface area contributed by atoms with Gasteiger partial charge in [-0.05, 0) is 19.4 Å². The summed E-state index contributed by atoms with van der Waals surface area (Å²) in [5.74, 6) is 1.74. The van der Waals surface area contributed by atoms with E-state index in [1.807, 2.05) is 10.8 Å². The lowest BCUT2D eigenvalue weighted by Gasteiger charge is -2.11. The molecule has 0 saturated heterocycles. The van der Waals surface area contributed by atoms with Crippen molar-refractivity contribution < 1.29 is 9.47 Å². The Bertz CT molecular complexity index is 321. The maximum atomic E-state index is 5.73. The first kappa shape index (κ1) is 14.1. The molecule has 3 heteroatoms. The number of rotatable bonds is 8. The summed E-state index contributed by atoms with van der Waals surface area (Å²) in [7, 11) is -0.140. The summed E-state index contributed by atoms with van der Waals surface area (Å²) in [6, 6.07) is 0. The topological polar surface area (TPSA) is 18.5 Å². The van der Waals surface area contributed by atoms with Crippen LogP contribution in [0.1, 0.15) is 39.5 Å². The molecule has 17 heavy (non-hydrogen) atoms. The van der Waals surface area contributed by atoms with E-state index in [4.69, 9.17) is 9.47 Å². The molecule has 0 aromatic heterocycles. The molecule has 0 N–H and O–H groups in total. The number of unbranched alkanes of at least 4 members (excludes halogenated alkanes) is 2. The van der Waals surface area contributed by atoms with Crippen molar-refractivity contribution >= 4 is 15.5 Å². The fourth-order valence-electron chi connectivity index (χ4n) is 1.33. The SMILES string of the molecule is C=C=S1C=C(OCCCC)C(OCCCC)=C1. The predicted octanol–water partition coefficient (Wildman–Crippen LogP) is 4.17. The molecule has 0 unspecified atom stereocenters. The molecule has 0 atom stereocenters. The van der Waals surface area contributed by atoms with Gasteiger partial charge in [0, 0.05) is 10.8 Å². The van der Waals surface area contributed by atoms with Gasteiger partial charge in [0.25, 0.3) is 0 Å². The molecule has 2 nitrogen and oxygen atoms in total. The number of hydrogen-bond donors (Lipinski definition) is 0. The van der Waals surface area contributed by atoms with Crippen molar-refractivity contribution in [2.24, 2.45) is 0 Å². The number of ether oxygens (including phenoxy) is 2. The third-order valence-electron chi connectivity index (χ3n) is 2.39. The van der Waals surface area contributed by atoms with Crippen molar-refractivity contribution in [3.63, 3.8) is 0 Å². The van der Waals surface area contributed by atoms with Crippen molar-refractivity contribution in [2.45, 2.75) is 39.5 Å². The van der Waals surface area contributed by atoms with Gasteiger partial charge in [-0.25, -0.2) is 0 Å². The molecule has 1 rings (SSSR count). The highest BCUT2D eigenvalue weighted by Crippen LogP contribution is 2.33. The van der Waals surface area contributed by atoms with E-state index in [0.29, 0.717) is 0 Å². The Labute approximate surface area is 107 Å². The Morgan fingerprint density at radius 1 is 1.06 bits per heavy atom. The lowest BCUT2D eigenvalue weighted by Crippen LogP contribution is -2.00. The Morgan fingerprint density at radius 3 is 1.88 bits per heavy atom. The van der Waals surface area contributed by atoms with Crippen LogP contribution in [-0.2, 0) is 9.47 Å². The third kappa shape index (κ3) is 4.84. The van der Waals surface area contributed by atoms with Crippen LogP contribution in [-0.4, -0.2) is 18.2 Å². The lowest BCUT2D eigenvalue weighted by molar-refractivity contribution is 0.149. The van der Waals surface area contributed by atoms with Gasteiger partial charge < -0.3 is 9.47 Å². The second-order valence-corrected chi connectivity index (χ2v) is 5.39. The zero-order valence-corrected chi connectivity index (χ0v) is 11.6. The van der Waals surface area contributed by atoms with Crippen LogP contribution < -0.4 is 0 Å². The van der Waals surface area contributed by atoms with Crippen LogP contribution in [0.2, 0.25) is 0 Å². The zero-order chi connectivity index (χ0) is 12.5. The first-order valence-corrected chi connectivity index (χ1v) is 7.61. The van der Waals surface area contributed by atoms with E-state index in [-0.39, 0.29) is 10.5 Å².